The van der Waals surface area contributed by atoms with Gasteiger partial charge in [0.2, 0.25) is 5.91 Å². The van der Waals surface area contributed by atoms with Gasteiger partial charge in [-0.05, 0) is 47.5 Å². The van der Waals surface area contributed by atoms with E-state index in [-0.39, 0.29) is 24.0 Å². The van der Waals surface area contributed by atoms with Crippen LogP contribution in [0.5, 0.6) is 11.5 Å². The van der Waals surface area contributed by atoms with Gasteiger partial charge in [0.05, 0.1) is 12.0 Å². The van der Waals surface area contributed by atoms with Crippen molar-refractivity contribution in [3.63, 3.8) is 0 Å². The molecular formula is C25H21BrN2O5S. The minimum atomic E-state index is -0.525. The maximum atomic E-state index is 13.0. The quantitative estimate of drug-likeness (QED) is 0.405. The molecule has 0 aliphatic carbocycles. The molecule has 2 aromatic carbocycles. The molecule has 34 heavy (non-hydrogen) atoms. The monoisotopic (exact) mass is 540 g/mol. The molecule has 7 nitrogen and oxygen atoms in total. The summed E-state index contributed by atoms with van der Waals surface area (Å²) in [6.07, 6.45) is 7.61. The van der Waals surface area contributed by atoms with Crippen molar-refractivity contribution in [2.24, 2.45) is 0 Å². The van der Waals surface area contributed by atoms with Crippen LogP contribution in [0.2, 0.25) is 0 Å². The van der Waals surface area contributed by atoms with E-state index in [0.717, 1.165) is 28.6 Å². The Morgan fingerprint density at radius 1 is 1.26 bits per heavy atom. The number of thioether (sulfide) groups is 1. The number of fused-ring (bicyclic) bond motifs is 1. The summed E-state index contributed by atoms with van der Waals surface area (Å²) in [5.74, 6) is 2.40. The minimum absolute atomic E-state index is 0.00771. The highest BCUT2D eigenvalue weighted by molar-refractivity contribution is 9.10. The molecule has 0 aromatic heterocycles. The van der Waals surface area contributed by atoms with Gasteiger partial charge in [0.25, 0.3) is 11.1 Å². The van der Waals surface area contributed by atoms with Crippen molar-refractivity contribution in [1.29, 1.82) is 0 Å². The molecule has 9 heteroatoms. The number of amides is 3. The summed E-state index contributed by atoms with van der Waals surface area (Å²) in [5.41, 5.74) is 2.82. The molecule has 0 N–H and O–H groups in total. The van der Waals surface area contributed by atoms with Crippen LogP contribution in [0.1, 0.15) is 16.7 Å². The van der Waals surface area contributed by atoms with Crippen molar-refractivity contribution in [3.05, 3.63) is 62.5 Å². The third kappa shape index (κ3) is 4.98. The van der Waals surface area contributed by atoms with E-state index >= 15 is 0 Å². The SMILES string of the molecule is C#CCOc1c(/C=C2/SC(=O)N(CC(=O)N3CCc4ccccc4C3)C2=O)cc(Br)cc1OC. The van der Waals surface area contributed by atoms with Crippen molar-refractivity contribution >= 4 is 50.8 Å². The number of hydrogen-bond acceptors (Lipinski definition) is 6. The summed E-state index contributed by atoms with van der Waals surface area (Å²) in [4.78, 5) is 41.4. The standard InChI is InChI=1S/C25H21BrN2O5S/c1-3-10-33-23-18(11-19(26)13-20(23)32-2)12-21-24(30)28(25(31)34-21)15-22(29)27-9-8-16-6-4-5-7-17(16)14-27/h1,4-7,11-13H,8-10,14-15H2,2H3/b21-12+. The first-order valence-corrected chi connectivity index (χ1v) is 12.1. The predicted octanol–water partition coefficient (Wildman–Crippen LogP) is 4.09. The highest BCUT2D eigenvalue weighted by atomic mass is 79.9. The summed E-state index contributed by atoms with van der Waals surface area (Å²) in [6.45, 7) is 0.727. The van der Waals surface area contributed by atoms with Crippen molar-refractivity contribution in [3.8, 4) is 23.8 Å². The van der Waals surface area contributed by atoms with Crippen molar-refractivity contribution in [1.82, 2.24) is 9.80 Å². The highest BCUT2D eigenvalue weighted by Crippen LogP contribution is 2.39. The number of methoxy groups -OCH3 is 1. The molecule has 0 spiro atoms. The molecule has 0 unspecified atom stereocenters. The van der Waals surface area contributed by atoms with E-state index in [1.165, 1.54) is 12.7 Å². The zero-order valence-electron chi connectivity index (χ0n) is 18.4. The Morgan fingerprint density at radius 2 is 2.03 bits per heavy atom. The van der Waals surface area contributed by atoms with Crippen LogP contribution in [0.4, 0.5) is 4.79 Å². The van der Waals surface area contributed by atoms with Crippen LogP contribution >= 0.6 is 27.7 Å². The molecule has 0 bridgehead atoms. The maximum Gasteiger partial charge on any atom is 0.294 e. The van der Waals surface area contributed by atoms with E-state index in [2.05, 4.69) is 27.9 Å². The molecule has 1 saturated heterocycles. The predicted molar refractivity (Wildman–Crippen MR) is 133 cm³/mol. The number of ether oxygens (including phenoxy) is 2. The van der Waals surface area contributed by atoms with Gasteiger partial charge >= 0.3 is 0 Å². The fourth-order valence-electron chi connectivity index (χ4n) is 3.84. The van der Waals surface area contributed by atoms with E-state index in [1.807, 2.05) is 18.2 Å². The lowest BCUT2D eigenvalue weighted by atomic mass is 10.00. The van der Waals surface area contributed by atoms with Crippen LogP contribution in [0.25, 0.3) is 6.08 Å². The number of benzene rings is 2. The molecule has 4 rings (SSSR count). The van der Waals surface area contributed by atoms with Gasteiger partial charge in [-0.15, -0.1) is 6.42 Å². The molecule has 2 aromatic rings. The van der Waals surface area contributed by atoms with Crippen LogP contribution in [0.15, 0.2) is 45.8 Å². The molecule has 0 saturated carbocycles. The average Bonchev–Trinajstić information content (AvgIpc) is 3.09. The number of rotatable bonds is 6. The zero-order chi connectivity index (χ0) is 24.2. The first-order chi connectivity index (χ1) is 16.4. The van der Waals surface area contributed by atoms with Crippen LogP contribution in [-0.2, 0) is 22.6 Å². The Morgan fingerprint density at radius 3 is 2.76 bits per heavy atom. The fourth-order valence-corrected chi connectivity index (χ4v) is 5.12. The molecule has 2 heterocycles. The van der Waals surface area contributed by atoms with E-state index in [9.17, 15) is 14.4 Å². The number of terminal acetylenes is 1. The normalized spacial score (nSPS) is 16.4. The van der Waals surface area contributed by atoms with E-state index in [1.54, 1.807) is 23.1 Å². The number of hydrogen-bond donors (Lipinski definition) is 0. The van der Waals surface area contributed by atoms with Crippen molar-refractivity contribution < 1.29 is 23.9 Å². The number of carbonyl (C=O) groups excluding carboxylic acids is 3. The molecule has 3 amide bonds. The van der Waals surface area contributed by atoms with Crippen LogP contribution in [-0.4, -0.2) is 53.7 Å². The molecule has 174 valence electrons. The van der Waals surface area contributed by atoms with E-state index in [0.29, 0.717) is 34.6 Å². The zero-order valence-corrected chi connectivity index (χ0v) is 20.8. The molecule has 0 atom stereocenters. The summed E-state index contributed by atoms with van der Waals surface area (Å²) in [7, 11) is 1.49. The van der Waals surface area contributed by atoms with Gasteiger partial charge in [0, 0.05) is 23.1 Å². The van der Waals surface area contributed by atoms with Gasteiger partial charge in [-0.25, -0.2) is 0 Å². The Bertz CT molecular complexity index is 1240. The number of nitrogens with zero attached hydrogens (tertiary/aromatic N) is 2. The highest BCUT2D eigenvalue weighted by Gasteiger charge is 2.37. The van der Waals surface area contributed by atoms with Gasteiger partial charge in [-0.1, -0.05) is 46.1 Å². The Balaban J connectivity index is 1.53. The average molecular weight is 541 g/mol. The second-order valence-corrected chi connectivity index (χ2v) is 9.53. The molecule has 1 fully saturated rings. The Hall–Kier alpha value is -3.22. The van der Waals surface area contributed by atoms with Gasteiger partial charge in [-0.3, -0.25) is 19.3 Å². The Kier molecular flexibility index (Phi) is 7.29. The van der Waals surface area contributed by atoms with E-state index < -0.39 is 11.1 Å². The third-order valence-corrected chi connectivity index (χ3v) is 6.87. The summed E-state index contributed by atoms with van der Waals surface area (Å²) in [6, 6.07) is 11.4. The summed E-state index contributed by atoms with van der Waals surface area (Å²) >= 11 is 4.19. The lowest BCUT2D eigenvalue weighted by Gasteiger charge is -2.29. The molecule has 0 radical (unpaired) electrons. The number of imide groups is 1. The minimum Gasteiger partial charge on any atom is -0.493 e. The smallest absolute Gasteiger partial charge is 0.294 e. The Labute approximate surface area is 210 Å². The second-order valence-electron chi connectivity index (χ2n) is 7.62. The molecule has 2 aliphatic rings. The largest absolute Gasteiger partial charge is 0.493 e. The first kappa shape index (κ1) is 23.9. The lowest BCUT2D eigenvalue weighted by Crippen LogP contribution is -2.44. The number of halogens is 1. The van der Waals surface area contributed by atoms with E-state index in [4.69, 9.17) is 15.9 Å². The third-order valence-electron chi connectivity index (χ3n) is 5.51. The van der Waals surface area contributed by atoms with Gasteiger partial charge in [0.15, 0.2) is 11.5 Å². The van der Waals surface area contributed by atoms with Crippen molar-refractivity contribution in [2.75, 3.05) is 26.8 Å². The maximum absolute atomic E-state index is 13.0. The second kappa shape index (κ2) is 10.4. The molecular weight excluding hydrogens is 520 g/mol. The van der Waals surface area contributed by atoms with Crippen molar-refractivity contribution in [2.45, 2.75) is 13.0 Å². The summed E-state index contributed by atoms with van der Waals surface area (Å²) < 4.78 is 11.7. The van der Waals surface area contributed by atoms with Crippen LogP contribution in [0.3, 0.4) is 0 Å². The van der Waals surface area contributed by atoms with Gasteiger partial charge in [-0.2, -0.15) is 0 Å². The topological polar surface area (TPSA) is 76.2 Å². The van der Waals surface area contributed by atoms with Gasteiger partial charge in [0.1, 0.15) is 13.2 Å². The lowest BCUT2D eigenvalue weighted by molar-refractivity contribution is -0.136. The molecule has 2 aliphatic heterocycles. The first-order valence-electron chi connectivity index (χ1n) is 10.4. The van der Waals surface area contributed by atoms with Crippen LogP contribution < -0.4 is 9.47 Å². The van der Waals surface area contributed by atoms with Gasteiger partial charge < -0.3 is 14.4 Å². The summed E-state index contributed by atoms with van der Waals surface area (Å²) in [5, 5.41) is -0.491. The number of carbonyl (C=O) groups is 3. The van der Waals surface area contributed by atoms with Crippen LogP contribution in [0, 0.1) is 12.3 Å². The fraction of sp³-hybridized carbons (Fsp3) is 0.240.